The molecule has 0 spiro atoms. The van der Waals surface area contributed by atoms with Gasteiger partial charge in [0.15, 0.2) is 5.82 Å². The van der Waals surface area contributed by atoms with Crippen LogP contribution in [-0.4, -0.2) is 48.6 Å². The number of piperidine rings is 1. The van der Waals surface area contributed by atoms with E-state index in [4.69, 9.17) is 0 Å². The van der Waals surface area contributed by atoms with E-state index in [0.29, 0.717) is 11.0 Å². The number of aromatic nitrogens is 5. The Morgan fingerprint density at radius 2 is 1.87 bits per heavy atom. The maximum absolute atomic E-state index is 12.9. The summed E-state index contributed by atoms with van der Waals surface area (Å²) in [6, 6.07) is 12.0. The summed E-state index contributed by atoms with van der Waals surface area (Å²) in [5, 5.41) is 8.82. The summed E-state index contributed by atoms with van der Waals surface area (Å²) in [4.78, 5) is 22.5. The van der Waals surface area contributed by atoms with Crippen LogP contribution in [0.2, 0.25) is 0 Å². The molecule has 152 valence electrons. The van der Waals surface area contributed by atoms with Crippen LogP contribution in [0.1, 0.15) is 37.0 Å². The molecule has 0 bridgehead atoms. The first-order chi connectivity index (χ1) is 14.5. The zero-order valence-electron chi connectivity index (χ0n) is 17.2. The molecule has 1 aliphatic rings. The van der Waals surface area contributed by atoms with Gasteiger partial charge in [-0.3, -0.25) is 4.79 Å². The number of hydrogen-bond donors (Lipinski definition) is 1. The summed E-state index contributed by atoms with van der Waals surface area (Å²) in [5.41, 5.74) is 3.77. The molecule has 1 N–H and O–H groups in total. The molecule has 0 aliphatic carbocycles. The number of hydrogen-bond acceptors (Lipinski definition) is 4. The second-order valence-corrected chi connectivity index (χ2v) is 8.66. The van der Waals surface area contributed by atoms with E-state index >= 15 is 0 Å². The molecule has 0 saturated carbocycles. The lowest BCUT2D eigenvalue weighted by atomic mass is 9.82. The van der Waals surface area contributed by atoms with Gasteiger partial charge in [-0.25, -0.2) is 4.98 Å². The van der Waals surface area contributed by atoms with E-state index in [1.807, 2.05) is 52.1 Å². The van der Waals surface area contributed by atoms with Crippen LogP contribution in [0.3, 0.4) is 0 Å². The summed E-state index contributed by atoms with van der Waals surface area (Å²) >= 11 is 0. The maximum Gasteiger partial charge on any atom is 0.255 e. The van der Waals surface area contributed by atoms with Gasteiger partial charge in [-0.1, -0.05) is 13.8 Å². The fraction of sp³-hybridized carbons (Fsp3) is 0.304. The highest BCUT2D eigenvalue weighted by molar-refractivity contribution is 5.97. The van der Waals surface area contributed by atoms with Gasteiger partial charge in [0.05, 0.1) is 5.56 Å². The topological polar surface area (TPSA) is 79.7 Å². The van der Waals surface area contributed by atoms with Crippen molar-refractivity contribution in [1.82, 2.24) is 29.6 Å². The third-order valence-corrected chi connectivity index (χ3v) is 6.01. The molecule has 1 fully saturated rings. The minimum atomic E-state index is 0.0732. The van der Waals surface area contributed by atoms with E-state index in [2.05, 4.69) is 34.0 Å². The van der Waals surface area contributed by atoms with Crippen molar-refractivity contribution in [3.8, 4) is 17.1 Å². The van der Waals surface area contributed by atoms with Gasteiger partial charge in [0, 0.05) is 42.1 Å². The molecule has 0 radical (unpaired) electrons. The molecule has 7 heteroatoms. The van der Waals surface area contributed by atoms with E-state index in [0.717, 1.165) is 54.0 Å². The highest BCUT2D eigenvalue weighted by Crippen LogP contribution is 2.30. The molecule has 30 heavy (non-hydrogen) atoms. The van der Waals surface area contributed by atoms with Crippen LogP contribution in [0.25, 0.3) is 28.1 Å². The fourth-order valence-corrected chi connectivity index (χ4v) is 3.97. The van der Waals surface area contributed by atoms with Gasteiger partial charge in [0.25, 0.3) is 5.91 Å². The smallest absolute Gasteiger partial charge is 0.255 e. The molecule has 1 aromatic carbocycles. The predicted octanol–water partition coefficient (Wildman–Crippen LogP) is 4.07. The van der Waals surface area contributed by atoms with Crippen LogP contribution in [-0.2, 0) is 0 Å². The average molecular weight is 400 g/mol. The van der Waals surface area contributed by atoms with E-state index in [1.54, 1.807) is 12.5 Å². The number of H-pyrrole nitrogens is 1. The van der Waals surface area contributed by atoms with Crippen molar-refractivity contribution in [2.75, 3.05) is 13.1 Å². The second-order valence-electron chi connectivity index (χ2n) is 8.66. The highest BCUT2D eigenvalue weighted by Gasteiger charge is 2.28. The number of carbonyl (C=O) groups is 1. The summed E-state index contributed by atoms with van der Waals surface area (Å²) in [5.74, 6) is 0.811. The number of aromatic amines is 1. The summed E-state index contributed by atoms with van der Waals surface area (Å²) in [7, 11) is 0. The summed E-state index contributed by atoms with van der Waals surface area (Å²) in [6.45, 7) is 6.15. The zero-order chi connectivity index (χ0) is 20.7. The molecule has 4 aromatic rings. The van der Waals surface area contributed by atoms with Crippen molar-refractivity contribution < 1.29 is 4.79 Å². The van der Waals surface area contributed by atoms with Crippen LogP contribution < -0.4 is 0 Å². The predicted molar refractivity (Wildman–Crippen MR) is 115 cm³/mol. The summed E-state index contributed by atoms with van der Waals surface area (Å²) < 4.78 is 2.02. The normalized spacial score (nSPS) is 16.1. The Morgan fingerprint density at radius 1 is 1.10 bits per heavy atom. The van der Waals surface area contributed by atoms with Crippen LogP contribution in [0, 0.1) is 5.41 Å². The first kappa shape index (κ1) is 18.5. The first-order valence-corrected chi connectivity index (χ1v) is 10.2. The molecular weight excluding hydrogens is 376 g/mol. The maximum atomic E-state index is 12.9. The Bertz CT molecular complexity index is 1180. The third kappa shape index (κ3) is 3.36. The number of likely N-dealkylation sites (tertiary alicyclic amines) is 1. The molecule has 1 amide bonds. The van der Waals surface area contributed by atoms with E-state index in [-0.39, 0.29) is 5.91 Å². The minimum Gasteiger partial charge on any atom is -0.339 e. The second kappa shape index (κ2) is 7.09. The van der Waals surface area contributed by atoms with Crippen molar-refractivity contribution in [1.29, 1.82) is 0 Å². The number of fused-ring (bicyclic) bond motifs is 1. The quantitative estimate of drug-likeness (QED) is 0.562. The molecular formula is C23H24N6O. The van der Waals surface area contributed by atoms with Gasteiger partial charge >= 0.3 is 0 Å². The van der Waals surface area contributed by atoms with Crippen LogP contribution >= 0.6 is 0 Å². The van der Waals surface area contributed by atoms with Crippen LogP contribution in [0.4, 0.5) is 0 Å². The largest absolute Gasteiger partial charge is 0.339 e. The zero-order valence-corrected chi connectivity index (χ0v) is 17.2. The Morgan fingerprint density at radius 3 is 2.57 bits per heavy atom. The lowest BCUT2D eigenvalue weighted by Gasteiger charge is -2.36. The summed E-state index contributed by atoms with van der Waals surface area (Å²) in [6.07, 6.45) is 7.32. The van der Waals surface area contributed by atoms with Gasteiger partial charge < -0.3 is 14.5 Å². The molecule has 0 atom stereocenters. The lowest BCUT2D eigenvalue weighted by molar-refractivity contribution is 0.0630. The van der Waals surface area contributed by atoms with Crippen molar-refractivity contribution in [2.45, 2.75) is 26.7 Å². The number of nitrogens with one attached hydrogen (secondary N) is 1. The van der Waals surface area contributed by atoms with Gasteiger partial charge in [-0.15, -0.1) is 10.2 Å². The van der Waals surface area contributed by atoms with Gasteiger partial charge in [0.2, 0.25) is 0 Å². The molecule has 1 aliphatic heterocycles. The van der Waals surface area contributed by atoms with Crippen molar-refractivity contribution in [3.05, 3.63) is 60.7 Å². The number of carbonyl (C=O) groups excluding carboxylic acids is 1. The number of nitrogens with zero attached hydrogens (tertiary/aromatic N) is 5. The molecule has 3 aromatic heterocycles. The molecule has 7 nitrogen and oxygen atoms in total. The first-order valence-electron chi connectivity index (χ1n) is 10.2. The lowest BCUT2D eigenvalue weighted by Crippen LogP contribution is -2.41. The fourth-order valence-electron chi connectivity index (χ4n) is 3.97. The molecule has 4 heterocycles. The minimum absolute atomic E-state index is 0.0732. The monoisotopic (exact) mass is 400 g/mol. The molecule has 5 rings (SSSR count). The van der Waals surface area contributed by atoms with Gasteiger partial charge in [-0.05, 0) is 54.7 Å². The number of rotatable bonds is 3. The Hall–Kier alpha value is -3.48. The van der Waals surface area contributed by atoms with E-state index < -0.39 is 0 Å². The average Bonchev–Trinajstić information content (AvgIpc) is 3.43. The number of benzene rings is 1. The standard InChI is InChI=1S/C23H24N6O/c1-23(2)8-11-28(12-9-23)22(30)18-13-17-7-10-29(21(17)24-14-18)19-5-3-16(4-6-19)20-25-15-26-27-20/h3-7,10,13-15H,8-9,11-12H2,1-2H3,(H,25,26,27). The van der Waals surface area contributed by atoms with Crippen molar-refractivity contribution >= 4 is 16.9 Å². The SMILES string of the molecule is CC1(C)CCN(C(=O)c2cnc3c(ccn3-c3ccc(-c4nnc[nH]4)cc3)c2)CC1. The van der Waals surface area contributed by atoms with E-state index in [9.17, 15) is 4.79 Å². The Labute approximate surface area is 174 Å². The van der Waals surface area contributed by atoms with Gasteiger partial charge in [-0.2, -0.15) is 0 Å². The third-order valence-electron chi connectivity index (χ3n) is 6.01. The highest BCUT2D eigenvalue weighted by atomic mass is 16.2. The Balaban J connectivity index is 1.39. The van der Waals surface area contributed by atoms with Crippen LogP contribution in [0.5, 0.6) is 0 Å². The number of amides is 1. The van der Waals surface area contributed by atoms with Crippen molar-refractivity contribution in [2.24, 2.45) is 5.41 Å². The number of pyridine rings is 1. The Kier molecular flexibility index (Phi) is 4.38. The van der Waals surface area contributed by atoms with Crippen molar-refractivity contribution in [3.63, 3.8) is 0 Å². The van der Waals surface area contributed by atoms with Crippen LogP contribution in [0.15, 0.2) is 55.1 Å². The van der Waals surface area contributed by atoms with Gasteiger partial charge in [0.1, 0.15) is 12.0 Å². The molecule has 1 saturated heterocycles. The van der Waals surface area contributed by atoms with E-state index in [1.165, 1.54) is 0 Å². The molecule has 0 unspecified atom stereocenters.